The molecule has 0 fully saturated rings. The smallest absolute Gasteiger partial charge is 0.321 e. The number of pyridine rings is 1. The Bertz CT molecular complexity index is 697. The van der Waals surface area contributed by atoms with Crippen molar-refractivity contribution in [2.75, 3.05) is 12.4 Å². The molecular weight excluding hydrogens is 306 g/mol. The molecule has 23 heavy (non-hydrogen) atoms. The minimum atomic E-state index is -0.173. The monoisotopic (exact) mass is 325 g/mol. The van der Waals surface area contributed by atoms with E-state index in [1.807, 2.05) is 49.4 Å². The summed E-state index contributed by atoms with van der Waals surface area (Å²) in [4.78, 5) is 19.1. The molecule has 0 aliphatic carbocycles. The molecule has 1 N–H and O–H groups in total. The fraction of sp³-hybridized carbons (Fsp3) is 0.222. The lowest BCUT2D eigenvalue weighted by atomic mass is 10.2. The number of nitrogens with zero attached hydrogens (tertiary/aromatic N) is 2. The van der Waals surface area contributed by atoms with Gasteiger partial charge in [-0.25, -0.2) is 9.78 Å². The molecule has 0 radical (unpaired) electrons. The average Bonchev–Trinajstić information content (AvgIpc) is 2.55. The average molecular weight is 325 g/mol. The van der Waals surface area contributed by atoms with Crippen molar-refractivity contribution in [1.82, 2.24) is 9.88 Å². The Morgan fingerprint density at radius 3 is 2.91 bits per heavy atom. The van der Waals surface area contributed by atoms with Gasteiger partial charge in [-0.3, -0.25) is 0 Å². The lowest BCUT2D eigenvalue weighted by molar-refractivity contribution is 0.209. The van der Waals surface area contributed by atoms with E-state index < -0.39 is 0 Å². The maximum Gasteiger partial charge on any atom is 0.321 e. The molecule has 4 nitrogen and oxygen atoms in total. The summed E-state index contributed by atoms with van der Waals surface area (Å²) < 4.78 is 0. The highest BCUT2D eigenvalue weighted by Crippen LogP contribution is 2.27. The first-order valence-corrected chi connectivity index (χ1v) is 8.08. The summed E-state index contributed by atoms with van der Waals surface area (Å²) in [6, 6.07) is 13.3. The Morgan fingerprint density at radius 2 is 2.22 bits per heavy atom. The second-order valence-electron chi connectivity index (χ2n) is 5.10. The molecule has 0 saturated heterocycles. The van der Waals surface area contributed by atoms with E-state index in [2.05, 4.69) is 16.2 Å². The van der Waals surface area contributed by atoms with E-state index in [0.717, 1.165) is 15.6 Å². The molecule has 1 atom stereocenters. The molecular formula is C18H19N3OS. The summed E-state index contributed by atoms with van der Waals surface area (Å²) in [5, 5.41) is 3.80. The summed E-state index contributed by atoms with van der Waals surface area (Å²) in [6.07, 6.45) is 7.58. The van der Waals surface area contributed by atoms with Gasteiger partial charge in [0.2, 0.25) is 0 Å². The first-order valence-electron chi connectivity index (χ1n) is 7.26. The maximum absolute atomic E-state index is 12.2. The predicted octanol–water partition coefficient (Wildman–Crippen LogP) is 4.11. The standard InChI is InChI=1S/C18H19N3OS/c1-4-8-14(2)21(3)18(22)20-15-9-7-10-16(13-15)23-17-11-5-6-12-19-17/h1,5-7,9-14H,8H2,2-3H3,(H,20,22). The molecule has 0 aliphatic heterocycles. The van der Waals surface area contributed by atoms with E-state index in [0.29, 0.717) is 6.42 Å². The SMILES string of the molecule is C#CCC(C)N(C)C(=O)Nc1cccc(Sc2ccccn2)c1. The Morgan fingerprint density at radius 1 is 1.39 bits per heavy atom. The molecule has 1 unspecified atom stereocenters. The highest BCUT2D eigenvalue weighted by atomic mass is 32.2. The van der Waals surface area contributed by atoms with Crippen LogP contribution < -0.4 is 5.32 Å². The molecule has 1 aromatic heterocycles. The largest absolute Gasteiger partial charge is 0.324 e. The molecule has 0 saturated carbocycles. The first-order chi connectivity index (χ1) is 11.1. The third kappa shape index (κ3) is 5.04. The van der Waals surface area contributed by atoms with Crippen LogP contribution in [0.25, 0.3) is 0 Å². The van der Waals surface area contributed by atoms with Crippen LogP contribution in [0.15, 0.2) is 58.6 Å². The molecule has 118 valence electrons. The van der Waals surface area contributed by atoms with Crippen LogP contribution in [0.4, 0.5) is 10.5 Å². The Balaban J connectivity index is 2.02. The minimum Gasteiger partial charge on any atom is -0.324 e. The van der Waals surface area contributed by atoms with Gasteiger partial charge >= 0.3 is 6.03 Å². The van der Waals surface area contributed by atoms with Gasteiger partial charge in [-0.05, 0) is 37.3 Å². The summed E-state index contributed by atoms with van der Waals surface area (Å²) in [5.74, 6) is 2.57. The quantitative estimate of drug-likeness (QED) is 0.842. The van der Waals surface area contributed by atoms with E-state index in [1.54, 1.807) is 29.9 Å². The Labute approximate surface area is 141 Å². The van der Waals surface area contributed by atoms with Crippen LogP contribution in [-0.2, 0) is 0 Å². The number of carbonyl (C=O) groups excluding carboxylic acids is 1. The van der Waals surface area contributed by atoms with Crippen molar-refractivity contribution >= 4 is 23.5 Å². The maximum atomic E-state index is 12.2. The van der Waals surface area contributed by atoms with Crippen LogP contribution in [-0.4, -0.2) is 29.0 Å². The van der Waals surface area contributed by atoms with Crippen LogP contribution in [0.1, 0.15) is 13.3 Å². The normalized spacial score (nSPS) is 11.3. The number of hydrogen-bond acceptors (Lipinski definition) is 3. The van der Waals surface area contributed by atoms with Crippen molar-refractivity contribution in [2.45, 2.75) is 29.3 Å². The molecule has 2 aromatic rings. The summed E-state index contributed by atoms with van der Waals surface area (Å²) in [5.41, 5.74) is 0.746. The summed E-state index contributed by atoms with van der Waals surface area (Å²) >= 11 is 1.55. The van der Waals surface area contributed by atoms with Crippen LogP contribution in [0.2, 0.25) is 0 Å². The van der Waals surface area contributed by atoms with Gasteiger partial charge in [-0.2, -0.15) is 0 Å². The van der Waals surface area contributed by atoms with E-state index in [1.165, 1.54) is 0 Å². The zero-order valence-electron chi connectivity index (χ0n) is 13.2. The fourth-order valence-corrected chi connectivity index (χ4v) is 2.72. The number of rotatable bonds is 5. The van der Waals surface area contributed by atoms with Gasteiger partial charge in [0.15, 0.2) is 0 Å². The van der Waals surface area contributed by atoms with Crippen molar-refractivity contribution in [1.29, 1.82) is 0 Å². The Kier molecular flexibility index (Phi) is 6.07. The second-order valence-corrected chi connectivity index (χ2v) is 6.19. The van der Waals surface area contributed by atoms with Gasteiger partial charge < -0.3 is 10.2 Å². The highest BCUT2D eigenvalue weighted by molar-refractivity contribution is 7.99. The molecule has 0 bridgehead atoms. The zero-order valence-corrected chi connectivity index (χ0v) is 14.0. The van der Waals surface area contributed by atoms with Crippen molar-refractivity contribution in [3.63, 3.8) is 0 Å². The molecule has 2 rings (SSSR count). The fourth-order valence-electron chi connectivity index (χ4n) is 1.88. The number of benzene rings is 1. The second kappa shape index (κ2) is 8.25. The molecule has 1 aromatic carbocycles. The number of carbonyl (C=O) groups is 1. The van der Waals surface area contributed by atoms with Crippen molar-refractivity contribution < 1.29 is 4.79 Å². The predicted molar refractivity (Wildman–Crippen MR) is 94.5 cm³/mol. The van der Waals surface area contributed by atoms with Gasteiger partial charge in [-0.15, -0.1) is 12.3 Å². The zero-order chi connectivity index (χ0) is 16.7. The van der Waals surface area contributed by atoms with E-state index in [9.17, 15) is 4.79 Å². The lowest BCUT2D eigenvalue weighted by Gasteiger charge is -2.23. The van der Waals surface area contributed by atoms with Gasteiger partial charge in [0.05, 0.1) is 0 Å². The first kappa shape index (κ1) is 16.9. The third-order valence-corrected chi connectivity index (χ3v) is 4.28. The van der Waals surface area contributed by atoms with Crippen LogP contribution in [0.3, 0.4) is 0 Å². The topological polar surface area (TPSA) is 45.2 Å². The lowest BCUT2D eigenvalue weighted by Crippen LogP contribution is -2.38. The third-order valence-electron chi connectivity index (χ3n) is 3.34. The molecule has 1 heterocycles. The highest BCUT2D eigenvalue weighted by Gasteiger charge is 2.14. The molecule has 0 aliphatic rings. The summed E-state index contributed by atoms with van der Waals surface area (Å²) in [6.45, 7) is 1.92. The summed E-state index contributed by atoms with van der Waals surface area (Å²) in [7, 11) is 1.74. The molecule has 5 heteroatoms. The van der Waals surface area contributed by atoms with Crippen LogP contribution in [0, 0.1) is 12.3 Å². The van der Waals surface area contributed by atoms with Gasteiger partial charge in [0.25, 0.3) is 0 Å². The number of amides is 2. The van der Waals surface area contributed by atoms with E-state index in [-0.39, 0.29) is 12.1 Å². The number of hydrogen-bond donors (Lipinski definition) is 1. The van der Waals surface area contributed by atoms with Gasteiger partial charge in [-0.1, -0.05) is 23.9 Å². The number of aromatic nitrogens is 1. The number of urea groups is 1. The molecule has 0 spiro atoms. The van der Waals surface area contributed by atoms with Gasteiger partial charge in [0.1, 0.15) is 5.03 Å². The van der Waals surface area contributed by atoms with E-state index in [4.69, 9.17) is 6.42 Å². The van der Waals surface area contributed by atoms with Crippen molar-refractivity contribution in [3.8, 4) is 12.3 Å². The van der Waals surface area contributed by atoms with E-state index >= 15 is 0 Å². The molecule has 2 amide bonds. The number of anilines is 1. The van der Waals surface area contributed by atoms with Gasteiger partial charge in [0, 0.05) is 36.3 Å². The van der Waals surface area contributed by atoms with Crippen molar-refractivity contribution in [2.24, 2.45) is 0 Å². The Hall–Kier alpha value is -2.45. The van der Waals surface area contributed by atoms with Crippen LogP contribution >= 0.6 is 11.8 Å². The van der Waals surface area contributed by atoms with Crippen LogP contribution in [0.5, 0.6) is 0 Å². The van der Waals surface area contributed by atoms with Crippen molar-refractivity contribution in [3.05, 3.63) is 48.7 Å². The number of terminal acetylenes is 1. The number of nitrogens with one attached hydrogen (secondary N) is 1. The minimum absolute atomic E-state index is 0.00826.